The van der Waals surface area contributed by atoms with Gasteiger partial charge >= 0.3 is 5.97 Å². The van der Waals surface area contributed by atoms with Gasteiger partial charge in [0.1, 0.15) is 11.7 Å². The van der Waals surface area contributed by atoms with Crippen LogP contribution in [0.2, 0.25) is 5.02 Å². The Kier molecular flexibility index (Phi) is 4.76. The van der Waals surface area contributed by atoms with Crippen molar-refractivity contribution in [1.82, 2.24) is 9.88 Å². The van der Waals surface area contributed by atoms with Crippen molar-refractivity contribution < 1.29 is 14.7 Å². The molecule has 118 valence electrons. The van der Waals surface area contributed by atoms with E-state index in [0.29, 0.717) is 17.1 Å². The molecule has 0 aliphatic heterocycles. The van der Waals surface area contributed by atoms with Crippen molar-refractivity contribution in [1.29, 1.82) is 0 Å². The minimum Gasteiger partial charge on any atom is -0.480 e. The molecule has 2 unspecified atom stereocenters. The number of carbonyl (C=O) groups excluding carboxylic acids is 1. The Labute approximate surface area is 133 Å². The van der Waals surface area contributed by atoms with Crippen molar-refractivity contribution in [2.75, 3.05) is 0 Å². The number of hydrogen-bond donors (Lipinski definition) is 2. The van der Waals surface area contributed by atoms with Gasteiger partial charge in [0.05, 0.1) is 0 Å². The SMILES string of the molecule is CCC(C)C(NC(=O)c1cc2cc(Cl)ccc2n1C)C(=O)O. The van der Waals surface area contributed by atoms with Crippen LogP contribution in [-0.2, 0) is 11.8 Å². The van der Waals surface area contributed by atoms with E-state index in [4.69, 9.17) is 11.6 Å². The van der Waals surface area contributed by atoms with Crippen LogP contribution < -0.4 is 5.32 Å². The molecule has 6 heteroatoms. The second kappa shape index (κ2) is 6.40. The van der Waals surface area contributed by atoms with Gasteiger partial charge in [-0.3, -0.25) is 4.79 Å². The number of fused-ring (bicyclic) bond motifs is 1. The molecule has 0 bridgehead atoms. The van der Waals surface area contributed by atoms with Crippen molar-refractivity contribution in [2.45, 2.75) is 26.3 Å². The third kappa shape index (κ3) is 3.09. The van der Waals surface area contributed by atoms with Crippen molar-refractivity contribution in [2.24, 2.45) is 13.0 Å². The van der Waals surface area contributed by atoms with Crippen molar-refractivity contribution in [3.8, 4) is 0 Å². The molecule has 0 fully saturated rings. The molecule has 2 rings (SSSR count). The fourth-order valence-electron chi connectivity index (χ4n) is 2.44. The molecule has 22 heavy (non-hydrogen) atoms. The maximum atomic E-state index is 12.4. The van der Waals surface area contributed by atoms with Crippen LogP contribution in [0.15, 0.2) is 24.3 Å². The molecule has 2 N–H and O–H groups in total. The quantitative estimate of drug-likeness (QED) is 0.888. The monoisotopic (exact) mass is 322 g/mol. The molecule has 0 saturated heterocycles. The molecule has 1 aromatic carbocycles. The Morgan fingerprint density at radius 3 is 2.64 bits per heavy atom. The third-order valence-corrected chi connectivity index (χ3v) is 4.24. The molecule has 5 nitrogen and oxygen atoms in total. The van der Waals surface area contributed by atoms with E-state index in [1.807, 2.05) is 13.0 Å². The average molecular weight is 323 g/mol. The van der Waals surface area contributed by atoms with Crippen LogP contribution in [0.3, 0.4) is 0 Å². The van der Waals surface area contributed by atoms with Gasteiger partial charge in [0, 0.05) is 23.0 Å². The van der Waals surface area contributed by atoms with E-state index in [1.165, 1.54) is 0 Å². The second-order valence-electron chi connectivity index (χ2n) is 5.47. The van der Waals surface area contributed by atoms with Crippen LogP contribution in [0, 0.1) is 5.92 Å². The number of nitrogens with one attached hydrogen (secondary N) is 1. The minimum absolute atomic E-state index is 0.148. The number of carbonyl (C=O) groups is 2. The number of carboxylic acids is 1. The number of aryl methyl sites for hydroxylation is 1. The molecule has 0 radical (unpaired) electrons. The lowest BCUT2D eigenvalue weighted by Crippen LogP contribution is -2.45. The van der Waals surface area contributed by atoms with Crippen LogP contribution in [0.25, 0.3) is 10.9 Å². The minimum atomic E-state index is -1.02. The average Bonchev–Trinajstić information content (AvgIpc) is 2.79. The standard InChI is InChI=1S/C16H19ClN2O3/c1-4-9(2)14(16(21)22)18-15(20)13-8-10-7-11(17)5-6-12(10)19(13)3/h5-9,14H,4H2,1-3H3,(H,18,20)(H,21,22). The highest BCUT2D eigenvalue weighted by molar-refractivity contribution is 6.31. The Hall–Kier alpha value is -2.01. The summed E-state index contributed by atoms with van der Waals surface area (Å²) in [5.41, 5.74) is 1.27. The zero-order valence-corrected chi connectivity index (χ0v) is 13.5. The molecule has 2 aromatic rings. The van der Waals surface area contributed by atoms with E-state index in [9.17, 15) is 14.7 Å². The zero-order chi connectivity index (χ0) is 16.4. The summed E-state index contributed by atoms with van der Waals surface area (Å²) in [5, 5.41) is 13.3. The lowest BCUT2D eigenvalue weighted by Gasteiger charge is -2.20. The number of nitrogens with zero attached hydrogens (tertiary/aromatic N) is 1. The Balaban J connectivity index is 2.33. The Morgan fingerprint density at radius 1 is 1.36 bits per heavy atom. The molecule has 0 spiro atoms. The summed E-state index contributed by atoms with van der Waals surface area (Å²) in [7, 11) is 1.77. The molecular weight excluding hydrogens is 304 g/mol. The highest BCUT2D eigenvalue weighted by atomic mass is 35.5. The molecule has 1 aromatic heterocycles. The maximum absolute atomic E-state index is 12.4. The molecule has 1 amide bonds. The third-order valence-electron chi connectivity index (χ3n) is 4.00. The largest absolute Gasteiger partial charge is 0.480 e. The van der Waals surface area contributed by atoms with E-state index < -0.39 is 17.9 Å². The molecule has 0 saturated carbocycles. The van der Waals surface area contributed by atoms with Gasteiger partial charge in [-0.1, -0.05) is 31.9 Å². The molecule has 2 atom stereocenters. The van der Waals surface area contributed by atoms with Gasteiger partial charge in [0.15, 0.2) is 0 Å². The topological polar surface area (TPSA) is 71.3 Å². The van der Waals surface area contributed by atoms with Crippen LogP contribution in [-0.4, -0.2) is 27.6 Å². The summed E-state index contributed by atoms with van der Waals surface area (Å²) in [6.07, 6.45) is 0.669. The van der Waals surface area contributed by atoms with E-state index in [2.05, 4.69) is 5.32 Å². The fourth-order valence-corrected chi connectivity index (χ4v) is 2.62. The smallest absolute Gasteiger partial charge is 0.326 e. The molecule has 0 aliphatic carbocycles. The summed E-state index contributed by atoms with van der Waals surface area (Å²) in [6, 6.07) is 6.17. The van der Waals surface area contributed by atoms with Crippen molar-refractivity contribution in [3.63, 3.8) is 0 Å². The predicted octanol–water partition coefficient (Wildman–Crippen LogP) is 3.06. The number of aromatic nitrogens is 1. The van der Waals surface area contributed by atoms with Crippen molar-refractivity contribution >= 4 is 34.4 Å². The normalized spacial score (nSPS) is 13.8. The fraction of sp³-hybridized carbons (Fsp3) is 0.375. The van der Waals surface area contributed by atoms with Gasteiger partial charge in [0.25, 0.3) is 5.91 Å². The number of aliphatic carboxylic acids is 1. The van der Waals surface area contributed by atoms with Gasteiger partial charge < -0.3 is 15.0 Å². The Bertz CT molecular complexity index is 723. The first kappa shape index (κ1) is 16.4. The first-order chi connectivity index (χ1) is 10.3. The molecule has 0 aliphatic rings. The Morgan fingerprint density at radius 2 is 2.05 bits per heavy atom. The number of halogens is 1. The molecule has 1 heterocycles. The van der Waals surface area contributed by atoms with Crippen LogP contribution >= 0.6 is 11.6 Å². The number of carboxylic acid groups (broad SMARTS) is 1. The van der Waals surface area contributed by atoms with E-state index in [1.54, 1.807) is 36.7 Å². The molecular formula is C16H19ClN2O3. The van der Waals surface area contributed by atoms with Crippen LogP contribution in [0.5, 0.6) is 0 Å². The lowest BCUT2D eigenvalue weighted by atomic mass is 9.99. The number of amides is 1. The highest BCUT2D eigenvalue weighted by Gasteiger charge is 2.26. The first-order valence-electron chi connectivity index (χ1n) is 7.13. The summed E-state index contributed by atoms with van der Waals surface area (Å²) in [4.78, 5) is 23.8. The van der Waals surface area contributed by atoms with E-state index >= 15 is 0 Å². The van der Waals surface area contributed by atoms with Gasteiger partial charge in [0.2, 0.25) is 0 Å². The number of benzene rings is 1. The number of rotatable bonds is 5. The van der Waals surface area contributed by atoms with Crippen LogP contribution in [0.1, 0.15) is 30.8 Å². The van der Waals surface area contributed by atoms with E-state index in [0.717, 1.165) is 10.9 Å². The van der Waals surface area contributed by atoms with Gasteiger partial charge in [-0.2, -0.15) is 0 Å². The maximum Gasteiger partial charge on any atom is 0.326 e. The van der Waals surface area contributed by atoms with Gasteiger partial charge in [-0.05, 0) is 30.2 Å². The summed E-state index contributed by atoms with van der Waals surface area (Å²) >= 11 is 5.96. The highest BCUT2D eigenvalue weighted by Crippen LogP contribution is 2.23. The van der Waals surface area contributed by atoms with Gasteiger partial charge in [-0.25, -0.2) is 4.79 Å². The van der Waals surface area contributed by atoms with Crippen LogP contribution in [0.4, 0.5) is 0 Å². The lowest BCUT2D eigenvalue weighted by molar-refractivity contribution is -0.140. The van der Waals surface area contributed by atoms with Gasteiger partial charge in [-0.15, -0.1) is 0 Å². The summed E-state index contributed by atoms with van der Waals surface area (Å²) in [5.74, 6) is -1.57. The zero-order valence-electron chi connectivity index (χ0n) is 12.8. The second-order valence-corrected chi connectivity index (χ2v) is 5.90. The van der Waals surface area contributed by atoms with E-state index in [-0.39, 0.29) is 5.92 Å². The summed E-state index contributed by atoms with van der Waals surface area (Å²) < 4.78 is 1.73. The summed E-state index contributed by atoms with van der Waals surface area (Å²) in [6.45, 7) is 3.70. The van der Waals surface area contributed by atoms with Crippen molar-refractivity contribution in [3.05, 3.63) is 35.0 Å². The predicted molar refractivity (Wildman–Crippen MR) is 86.3 cm³/mol. The number of hydrogen-bond acceptors (Lipinski definition) is 2. The first-order valence-corrected chi connectivity index (χ1v) is 7.51.